The highest BCUT2D eigenvalue weighted by atomic mass is 16.5. The van der Waals surface area contributed by atoms with E-state index in [2.05, 4.69) is 50.4 Å². The molecule has 5 nitrogen and oxygen atoms in total. The van der Waals surface area contributed by atoms with Crippen LogP contribution < -0.4 is 10.6 Å². The molecule has 0 saturated carbocycles. The van der Waals surface area contributed by atoms with Gasteiger partial charge in [0.2, 0.25) is 0 Å². The number of nitrogens with zero attached hydrogens (tertiary/aromatic N) is 2. The molecule has 1 atom stereocenters. The van der Waals surface area contributed by atoms with Crippen LogP contribution in [-0.4, -0.2) is 30.2 Å². The summed E-state index contributed by atoms with van der Waals surface area (Å²) in [5, 5.41) is 10.9. The van der Waals surface area contributed by atoms with Crippen LogP contribution in [0.1, 0.15) is 70.9 Å². The van der Waals surface area contributed by atoms with Gasteiger partial charge in [0.15, 0.2) is 5.96 Å². The Balaban J connectivity index is 2.44. The summed E-state index contributed by atoms with van der Waals surface area (Å²) >= 11 is 0. The van der Waals surface area contributed by atoms with Crippen LogP contribution in [0, 0.1) is 19.3 Å². The Bertz CT molecular complexity index is 494. The summed E-state index contributed by atoms with van der Waals surface area (Å²) in [7, 11) is 0. The Labute approximate surface area is 147 Å². The number of rotatable bonds is 8. The van der Waals surface area contributed by atoms with Crippen LogP contribution >= 0.6 is 0 Å². The van der Waals surface area contributed by atoms with Crippen molar-refractivity contribution in [3.63, 3.8) is 0 Å². The number of aliphatic imine (C=N–C) groups is 1. The monoisotopic (exact) mass is 336 g/mol. The Morgan fingerprint density at radius 1 is 1.29 bits per heavy atom. The van der Waals surface area contributed by atoms with Crippen LogP contribution in [0.4, 0.5) is 0 Å². The molecule has 1 aromatic rings. The maximum atomic E-state index is 5.21. The second-order valence-electron chi connectivity index (χ2n) is 7.81. The SMILES string of the molecule is CCNC(=NCCCc1c(C)noc1C)NC(C)CCC(C)(C)C. The number of guanidine groups is 1. The van der Waals surface area contributed by atoms with Crippen molar-refractivity contribution in [3.8, 4) is 0 Å². The molecule has 0 saturated heterocycles. The van der Waals surface area contributed by atoms with Crippen molar-refractivity contribution < 1.29 is 4.52 Å². The Morgan fingerprint density at radius 2 is 2.00 bits per heavy atom. The van der Waals surface area contributed by atoms with Crippen LogP contribution in [0.25, 0.3) is 0 Å². The quantitative estimate of drug-likeness (QED) is 0.428. The van der Waals surface area contributed by atoms with Crippen molar-refractivity contribution in [2.75, 3.05) is 13.1 Å². The lowest BCUT2D eigenvalue weighted by Crippen LogP contribution is -2.42. The van der Waals surface area contributed by atoms with Gasteiger partial charge in [-0.15, -0.1) is 0 Å². The minimum absolute atomic E-state index is 0.375. The maximum absolute atomic E-state index is 5.21. The molecule has 0 fully saturated rings. The third kappa shape index (κ3) is 7.84. The van der Waals surface area contributed by atoms with Gasteiger partial charge in [0, 0.05) is 24.7 Å². The molecule has 24 heavy (non-hydrogen) atoms. The van der Waals surface area contributed by atoms with Gasteiger partial charge in [-0.1, -0.05) is 25.9 Å². The average Bonchev–Trinajstić information content (AvgIpc) is 2.80. The summed E-state index contributed by atoms with van der Waals surface area (Å²) in [6.45, 7) is 16.8. The summed E-state index contributed by atoms with van der Waals surface area (Å²) in [6, 6.07) is 0.421. The van der Waals surface area contributed by atoms with Gasteiger partial charge in [-0.25, -0.2) is 0 Å². The molecule has 0 aliphatic rings. The number of hydrogen-bond acceptors (Lipinski definition) is 3. The average molecular weight is 337 g/mol. The highest BCUT2D eigenvalue weighted by Crippen LogP contribution is 2.21. The normalized spacial score (nSPS) is 13.9. The molecule has 5 heteroatoms. The molecule has 1 rings (SSSR count). The summed E-state index contributed by atoms with van der Waals surface area (Å²) in [6.07, 6.45) is 4.30. The molecule has 0 amide bonds. The minimum atomic E-state index is 0.375. The molecule has 2 N–H and O–H groups in total. The van der Waals surface area contributed by atoms with E-state index < -0.39 is 0 Å². The number of aromatic nitrogens is 1. The fourth-order valence-corrected chi connectivity index (χ4v) is 2.58. The van der Waals surface area contributed by atoms with Crippen LogP contribution in [0.3, 0.4) is 0 Å². The standard InChI is InChI=1S/C19H36N4O/c1-8-20-18(22-14(2)11-12-19(5,6)7)21-13-9-10-17-15(3)23-24-16(17)4/h14H,8-13H2,1-7H3,(H2,20,21,22). The van der Waals surface area contributed by atoms with Crippen molar-refractivity contribution >= 4 is 5.96 Å². The molecule has 0 radical (unpaired) electrons. The van der Waals surface area contributed by atoms with Gasteiger partial charge >= 0.3 is 0 Å². The van der Waals surface area contributed by atoms with Gasteiger partial charge < -0.3 is 15.2 Å². The lowest BCUT2D eigenvalue weighted by Gasteiger charge is -2.23. The molecule has 138 valence electrons. The predicted octanol–water partition coefficient (Wildman–Crippen LogP) is 3.99. The molecule has 1 aromatic heterocycles. The molecule has 0 aliphatic carbocycles. The van der Waals surface area contributed by atoms with E-state index in [4.69, 9.17) is 9.52 Å². The molecule has 0 bridgehead atoms. The van der Waals surface area contributed by atoms with Gasteiger partial charge in [0.25, 0.3) is 0 Å². The largest absolute Gasteiger partial charge is 0.361 e. The Morgan fingerprint density at radius 3 is 2.54 bits per heavy atom. The first-order chi connectivity index (χ1) is 11.2. The molecule has 0 aromatic carbocycles. The first-order valence-corrected chi connectivity index (χ1v) is 9.19. The van der Waals surface area contributed by atoms with Crippen molar-refractivity contribution in [2.24, 2.45) is 10.4 Å². The van der Waals surface area contributed by atoms with Crippen molar-refractivity contribution in [3.05, 3.63) is 17.0 Å². The molecule has 0 spiro atoms. The maximum Gasteiger partial charge on any atom is 0.191 e. The molecular weight excluding hydrogens is 300 g/mol. The predicted molar refractivity (Wildman–Crippen MR) is 102 cm³/mol. The summed E-state index contributed by atoms with van der Waals surface area (Å²) < 4.78 is 5.21. The molecule has 0 aliphatic heterocycles. The highest BCUT2D eigenvalue weighted by molar-refractivity contribution is 5.80. The second-order valence-corrected chi connectivity index (χ2v) is 7.81. The lowest BCUT2D eigenvalue weighted by atomic mass is 9.89. The number of aryl methyl sites for hydroxylation is 2. The minimum Gasteiger partial charge on any atom is -0.361 e. The first-order valence-electron chi connectivity index (χ1n) is 9.19. The molecule has 1 heterocycles. The van der Waals surface area contributed by atoms with Crippen molar-refractivity contribution in [1.82, 2.24) is 15.8 Å². The van der Waals surface area contributed by atoms with Gasteiger partial charge in [-0.05, 0) is 58.8 Å². The van der Waals surface area contributed by atoms with Crippen molar-refractivity contribution in [1.29, 1.82) is 0 Å². The van der Waals surface area contributed by atoms with E-state index in [1.54, 1.807) is 0 Å². The number of nitrogens with one attached hydrogen (secondary N) is 2. The Hall–Kier alpha value is -1.52. The van der Waals surface area contributed by atoms with Gasteiger partial charge in [0.1, 0.15) is 5.76 Å². The van der Waals surface area contributed by atoms with Crippen LogP contribution in [0.2, 0.25) is 0 Å². The summed E-state index contributed by atoms with van der Waals surface area (Å²) in [5.74, 6) is 1.84. The van der Waals surface area contributed by atoms with E-state index in [1.807, 2.05) is 13.8 Å². The van der Waals surface area contributed by atoms with Crippen LogP contribution in [0.5, 0.6) is 0 Å². The first kappa shape index (κ1) is 20.5. The highest BCUT2D eigenvalue weighted by Gasteiger charge is 2.13. The van der Waals surface area contributed by atoms with E-state index in [-0.39, 0.29) is 0 Å². The zero-order valence-corrected chi connectivity index (χ0v) is 16.6. The smallest absolute Gasteiger partial charge is 0.191 e. The lowest BCUT2D eigenvalue weighted by molar-refractivity contribution is 0.346. The van der Waals surface area contributed by atoms with E-state index in [0.717, 1.165) is 49.8 Å². The van der Waals surface area contributed by atoms with Crippen LogP contribution in [0.15, 0.2) is 9.52 Å². The summed E-state index contributed by atoms with van der Waals surface area (Å²) in [4.78, 5) is 4.70. The van der Waals surface area contributed by atoms with Gasteiger partial charge in [-0.2, -0.15) is 0 Å². The van der Waals surface area contributed by atoms with E-state index in [1.165, 1.54) is 12.0 Å². The third-order valence-corrected chi connectivity index (χ3v) is 4.09. The fraction of sp³-hybridized carbons (Fsp3) is 0.789. The van der Waals surface area contributed by atoms with E-state index in [0.29, 0.717) is 11.5 Å². The zero-order chi connectivity index (χ0) is 18.2. The summed E-state index contributed by atoms with van der Waals surface area (Å²) in [5.41, 5.74) is 2.60. The fourth-order valence-electron chi connectivity index (χ4n) is 2.58. The Kier molecular flexibility index (Phi) is 8.29. The van der Waals surface area contributed by atoms with Crippen LogP contribution in [-0.2, 0) is 6.42 Å². The molecule has 1 unspecified atom stereocenters. The zero-order valence-electron chi connectivity index (χ0n) is 16.6. The van der Waals surface area contributed by atoms with Gasteiger partial charge in [-0.3, -0.25) is 4.99 Å². The second kappa shape index (κ2) is 9.70. The molecular formula is C19H36N4O. The van der Waals surface area contributed by atoms with Gasteiger partial charge in [0.05, 0.1) is 5.69 Å². The van der Waals surface area contributed by atoms with E-state index >= 15 is 0 Å². The van der Waals surface area contributed by atoms with E-state index in [9.17, 15) is 0 Å². The topological polar surface area (TPSA) is 62.5 Å². The number of hydrogen-bond donors (Lipinski definition) is 2. The third-order valence-electron chi connectivity index (χ3n) is 4.09. The van der Waals surface area contributed by atoms with Crippen molar-refractivity contribution in [2.45, 2.75) is 80.2 Å².